The van der Waals surface area contributed by atoms with Crippen molar-refractivity contribution >= 4 is 23.0 Å². The summed E-state index contributed by atoms with van der Waals surface area (Å²) in [5.41, 5.74) is 8.30. The number of nitriles is 1. The van der Waals surface area contributed by atoms with Gasteiger partial charge in [-0.05, 0) is 70.2 Å². The fourth-order valence-electron chi connectivity index (χ4n) is 5.12. The molecule has 34 heavy (non-hydrogen) atoms. The standard InChI is InChI=1S/C24H32N10/c1-16-5-12-34-20(16)24(33-10-6-18(7-11-33)14-32-8-3-4-9-32)30-22(31-34)17(2)29-23-19(13-25)21(26)27-15-28-23/h5,12,15,17-18H,3-4,6-11,14H2,1-2H3,(H3,26,27,28,29)/t17-/m0/s1. The maximum atomic E-state index is 9.46. The van der Waals surface area contributed by atoms with Crippen LogP contribution in [0, 0.1) is 24.2 Å². The van der Waals surface area contributed by atoms with Gasteiger partial charge in [-0.25, -0.2) is 19.5 Å². The second kappa shape index (κ2) is 9.43. The van der Waals surface area contributed by atoms with E-state index in [-0.39, 0.29) is 17.4 Å². The van der Waals surface area contributed by atoms with Crippen molar-refractivity contribution in [2.24, 2.45) is 5.92 Å². The van der Waals surface area contributed by atoms with Crippen LogP contribution in [0.15, 0.2) is 18.6 Å². The smallest absolute Gasteiger partial charge is 0.173 e. The lowest BCUT2D eigenvalue weighted by Gasteiger charge is -2.35. The number of piperidine rings is 1. The minimum Gasteiger partial charge on any atom is -0.382 e. The third-order valence-corrected chi connectivity index (χ3v) is 7.07. The molecule has 2 fully saturated rings. The van der Waals surface area contributed by atoms with Crippen molar-refractivity contribution in [1.29, 1.82) is 5.26 Å². The van der Waals surface area contributed by atoms with Crippen molar-refractivity contribution in [2.45, 2.75) is 45.6 Å². The van der Waals surface area contributed by atoms with Crippen LogP contribution in [-0.4, -0.2) is 62.2 Å². The van der Waals surface area contributed by atoms with Gasteiger partial charge in [-0.15, -0.1) is 0 Å². The molecule has 0 unspecified atom stereocenters. The molecule has 3 aromatic heterocycles. The zero-order chi connectivity index (χ0) is 23.7. The minimum absolute atomic E-state index is 0.155. The molecular weight excluding hydrogens is 428 g/mol. The van der Waals surface area contributed by atoms with E-state index in [2.05, 4.69) is 44.1 Å². The molecule has 2 aliphatic rings. The van der Waals surface area contributed by atoms with Gasteiger partial charge in [0.1, 0.15) is 35.1 Å². The molecule has 0 aromatic carbocycles. The summed E-state index contributed by atoms with van der Waals surface area (Å²) in [6.07, 6.45) is 8.38. The monoisotopic (exact) mass is 460 g/mol. The number of hydrogen-bond donors (Lipinski definition) is 2. The van der Waals surface area contributed by atoms with E-state index >= 15 is 0 Å². The molecule has 2 aliphatic heterocycles. The van der Waals surface area contributed by atoms with E-state index in [9.17, 15) is 5.26 Å². The van der Waals surface area contributed by atoms with Gasteiger partial charge in [-0.3, -0.25) is 0 Å². The lowest BCUT2D eigenvalue weighted by Crippen LogP contribution is -2.39. The van der Waals surface area contributed by atoms with Gasteiger partial charge in [0, 0.05) is 25.8 Å². The fraction of sp³-hybridized carbons (Fsp3) is 0.542. The molecule has 10 heteroatoms. The summed E-state index contributed by atoms with van der Waals surface area (Å²) in [5.74, 6) is 2.91. The number of aromatic nitrogens is 5. The number of nitrogens with two attached hydrogens (primary N) is 1. The summed E-state index contributed by atoms with van der Waals surface area (Å²) < 4.78 is 1.92. The number of nitrogen functional groups attached to an aromatic ring is 1. The van der Waals surface area contributed by atoms with E-state index in [0.29, 0.717) is 11.6 Å². The molecule has 10 nitrogen and oxygen atoms in total. The van der Waals surface area contributed by atoms with Gasteiger partial charge in [-0.1, -0.05) is 0 Å². The van der Waals surface area contributed by atoms with Crippen LogP contribution >= 0.6 is 0 Å². The Morgan fingerprint density at radius 3 is 2.71 bits per heavy atom. The zero-order valence-corrected chi connectivity index (χ0v) is 19.9. The number of likely N-dealkylation sites (tertiary alicyclic amines) is 1. The highest BCUT2D eigenvalue weighted by molar-refractivity contribution is 5.73. The number of hydrogen-bond acceptors (Lipinski definition) is 9. The third-order valence-electron chi connectivity index (χ3n) is 7.07. The van der Waals surface area contributed by atoms with Gasteiger partial charge in [0.2, 0.25) is 0 Å². The van der Waals surface area contributed by atoms with Crippen LogP contribution in [0.4, 0.5) is 17.5 Å². The predicted molar refractivity (Wildman–Crippen MR) is 132 cm³/mol. The van der Waals surface area contributed by atoms with Gasteiger partial charge in [0.25, 0.3) is 0 Å². The Hall–Kier alpha value is -3.45. The Morgan fingerprint density at radius 1 is 1.21 bits per heavy atom. The highest BCUT2D eigenvalue weighted by Crippen LogP contribution is 2.30. The topological polar surface area (TPSA) is 124 Å². The van der Waals surface area contributed by atoms with Crippen LogP contribution in [-0.2, 0) is 0 Å². The number of aryl methyl sites for hydroxylation is 1. The Balaban J connectivity index is 1.38. The van der Waals surface area contributed by atoms with Crippen LogP contribution in [0.2, 0.25) is 0 Å². The quantitative estimate of drug-likeness (QED) is 0.571. The summed E-state index contributed by atoms with van der Waals surface area (Å²) in [6.45, 7) is 9.81. The maximum absolute atomic E-state index is 9.46. The molecule has 0 amide bonds. The Bertz CT molecular complexity index is 1200. The Morgan fingerprint density at radius 2 is 1.97 bits per heavy atom. The number of nitrogens with one attached hydrogen (secondary N) is 1. The van der Waals surface area contributed by atoms with Crippen LogP contribution in [0.25, 0.3) is 5.52 Å². The van der Waals surface area contributed by atoms with Gasteiger partial charge in [-0.2, -0.15) is 10.4 Å². The summed E-state index contributed by atoms with van der Waals surface area (Å²) in [6, 6.07) is 3.88. The van der Waals surface area contributed by atoms with Crippen molar-refractivity contribution < 1.29 is 0 Å². The highest BCUT2D eigenvalue weighted by Gasteiger charge is 2.26. The molecule has 178 valence electrons. The first kappa shape index (κ1) is 22.3. The predicted octanol–water partition coefficient (Wildman–Crippen LogP) is 2.77. The number of nitrogens with zero attached hydrogens (tertiary/aromatic N) is 8. The van der Waals surface area contributed by atoms with Crippen molar-refractivity contribution in [3.05, 3.63) is 35.5 Å². The molecule has 0 aliphatic carbocycles. The number of fused-ring (bicyclic) bond motifs is 1. The largest absolute Gasteiger partial charge is 0.382 e. The first-order valence-corrected chi connectivity index (χ1v) is 12.1. The first-order valence-electron chi connectivity index (χ1n) is 12.1. The fourth-order valence-corrected chi connectivity index (χ4v) is 5.12. The van der Waals surface area contributed by atoms with Crippen LogP contribution < -0.4 is 16.0 Å². The molecule has 3 aromatic rings. The molecule has 5 heterocycles. The van der Waals surface area contributed by atoms with Gasteiger partial charge < -0.3 is 20.9 Å². The zero-order valence-electron chi connectivity index (χ0n) is 19.9. The lowest BCUT2D eigenvalue weighted by molar-refractivity contribution is 0.249. The lowest BCUT2D eigenvalue weighted by atomic mass is 9.96. The number of rotatable bonds is 6. The summed E-state index contributed by atoms with van der Waals surface area (Å²) in [4.78, 5) is 18.2. The Labute approximate surface area is 199 Å². The van der Waals surface area contributed by atoms with Crippen LogP contribution in [0.1, 0.15) is 55.6 Å². The molecule has 0 saturated carbocycles. The van der Waals surface area contributed by atoms with Crippen molar-refractivity contribution in [3.63, 3.8) is 0 Å². The molecule has 0 radical (unpaired) electrons. The minimum atomic E-state index is -0.278. The molecule has 3 N–H and O–H groups in total. The van der Waals surface area contributed by atoms with E-state index in [1.165, 1.54) is 51.6 Å². The van der Waals surface area contributed by atoms with E-state index in [1.54, 1.807) is 0 Å². The SMILES string of the molecule is Cc1ccn2nc([C@H](C)Nc3ncnc(N)c3C#N)nc(N3CCC(CN4CCCC4)CC3)c12. The van der Waals surface area contributed by atoms with E-state index in [4.69, 9.17) is 15.8 Å². The van der Waals surface area contributed by atoms with E-state index in [0.717, 1.165) is 35.9 Å². The number of anilines is 3. The summed E-state index contributed by atoms with van der Waals surface area (Å²) in [5, 5.41) is 17.5. The molecule has 0 spiro atoms. The molecule has 1 atom stereocenters. The average Bonchev–Trinajstić information content (AvgIpc) is 3.49. The van der Waals surface area contributed by atoms with Gasteiger partial charge in [0.15, 0.2) is 11.6 Å². The molecule has 5 rings (SSSR count). The normalized spacial score (nSPS) is 18.3. The highest BCUT2D eigenvalue weighted by atomic mass is 15.3. The van der Waals surface area contributed by atoms with Crippen molar-refractivity contribution in [3.8, 4) is 6.07 Å². The Kier molecular flexibility index (Phi) is 6.20. The van der Waals surface area contributed by atoms with E-state index < -0.39 is 0 Å². The maximum Gasteiger partial charge on any atom is 0.173 e. The second-order valence-corrected chi connectivity index (χ2v) is 9.48. The summed E-state index contributed by atoms with van der Waals surface area (Å²) in [7, 11) is 0. The van der Waals surface area contributed by atoms with Crippen LogP contribution in [0.5, 0.6) is 0 Å². The summed E-state index contributed by atoms with van der Waals surface area (Å²) >= 11 is 0. The third kappa shape index (κ3) is 4.35. The van der Waals surface area contributed by atoms with Crippen molar-refractivity contribution in [1.82, 2.24) is 29.5 Å². The average molecular weight is 461 g/mol. The van der Waals surface area contributed by atoms with Gasteiger partial charge in [0.05, 0.1) is 6.04 Å². The molecule has 0 bridgehead atoms. The van der Waals surface area contributed by atoms with Gasteiger partial charge >= 0.3 is 0 Å². The van der Waals surface area contributed by atoms with E-state index in [1.807, 2.05) is 17.6 Å². The van der Waals surface area contributed by atoms with Crippen LogP contribution in [0.3, 0.4) is 0 Å². The first-order chi connectivity index (χ1) is 16.5. The van der Waals surface area contributed by atoms with Crippen molar-refractivity contribution in [2.75, 3.05) is 48.7 Å². The second-order valence-electron chi connectivity index (χ2n) is 9.48. The molecule has 2 saturated heterocycles. The molecular formula is C24H32N10.